The lowest BCUT2D eigenvalue weighted by molar-refractivity contribution is 0.900. The van der Waals surface area contributed by atoms with Crippen molar-refractivity contribution in [1.82, 2.24) is 4.98 Å². The van der Waals surface area contributed by atoms with Gasteiger partial charge in [0.05, 0.1) is 5.03 Å². The Balaban J connectivity index is 3.53. The van der Waals surface area contributed by atoms with Crippen LogP contribution in [0.3, 0.4) is 0 Å². The third-order valence-corrected chi connectivity index (χ3v) is 3.55. The Morgan fingerprint density at radius 2 is 1.83 bits per heavy atom. The number of hydrogen-bond acceptors (Lipinski definition) is 4. The molecule has 1 nitrogen and oxygen atoms in total. The van der Waals surface area contributed by atoms with Crippen LogP contribution in [0.1, 0.15) is 12.5 Å². The molecule has 0 fully saturated rings. The van der Waals surface area contributed by atoms with Crippen molar-refractivity contribution >= 4 is 50.1 Å². The van der Waals surface area contributed by atoms with Gasteiger partial charge in [0.2, 0.25) is 0 Å². The van der Waals surface area contributed by atoms with Crippen LogP contribution < -0.4 is 0 Å². The van der Waals surface area contributed by atoms with Crippen LogP contribution in [-0.4, -0.2) is 4.98 Å². The molecule has 0 atom stereocenters. The smallest absolute Gasteiger partial charge is 0.117 e. The molecule has 66 valence electrons. The molecule has 1 aromatic heterocycles. The van der Waals surface area contributed by atoms with Gasteiger partial charge in [-0.15, -0.1) is 37.9 Å². The molecule has 0 aromatic carbocycles. The van der Waals surface area contributed by atoms with E-state index in [1.165, 1.54) is 0 Å². The third kappa shape index (κ3) is 1.84. The molecule has 12 heavy (non-hydrogen) atoms. The second-order valence-corrected chi connectivity index (χ2v) is 4.08. The SMILES string of the molecule is CCc1c(S)c(S)[nH]c(=S)c1S. The number of thiol groups is 3. The van der Waals surface area contributed by atoms with Crippen LogP contribution in [-0.2, 0) is 6.42 Å². The zero-order valence-corrected chi connectivity index (χ0v) is 9.96. The standard InChI is InChI=1S/C7H9NS4/c1-2-3-4(9)6(11)8-7(12)5(3)10/h9-10H,2H2,1H3,(H2,8,11,12). The van der Waals surface area contributed by atoms with Crippen molar-refractivity contribution in [3.05, 3.63) is 10.2 Å². The molecule has 0 radical (unpaired) electrons. The van der Waals surface area contributed by atoms with Crippen molar-refractivity contribution < 1.29 is 0 Å². The molecule has 0 bridgehead atoms. The highest BCUT2D eigenvalue weighted by molar-refractivity contribution is 7.83. The molecule has 0 saturated heterocycles. The maximum Gasteiger partial charge on any atom is 0.117 e. The van der Waals surface area contributed by atoms with E-state index in [2.05, 4.69) is 42.9 Å². The topological polar surface area (TPSA) is 15.8 Å². The van der Waals surface area contributed by atoms with E-state index in [0.717, 1.165) is 21.8 Å². The fourth-order valence-corrected chi connectivity index (χ4v) is 2.24. The Morgan fingerprint density at radius 1 is 1.25 bits per heavy atom. The van der Waals surface area contributed by atoms with Crippen LogP contribution in [0.4, 0.5) is 0 Å². The lowest BCUT2D eigenvalue weighted by Gasteiger charge is -2.07. The van der Waals surface area contributed by atoms with E-state index in [0.29, 0.717) is 9.67 Å². The molecule has 0 saturated carbocycles. The minimum Gasteiger partial charge on any atom is -0.340 e. The van der Waals surface area contributed by atoms with Crippen LogP contribution in [0.15, 0.2) is 14.8 Å². The summed E-state index contributed by atoms with van der Waals surface area (Å²) in [5.74, 6) is 0. The summed E-state index contributed by atoms with van der Waals surface area (Å²) in [7, 11) is 0. The maximum absolute atomic E-state index is 5.04. The average Bonchev–Trinajstić information content (AvgIpc) is 2.02. The molecular weight excluding hydrogens is 226 g/mol. The first kappa shape index (κ1) is 10.5. The monoisotopic (exact) mass is 235 g/mol. The van der Waals surface area contributed by atoms with E-state index < -0.39 is 0 Å². The quantitative estimate of drug-likeness (QED) is 0.434. The first-order chi connectivity index (χ1) is 5.57. The van der Waals surface area contributed by atoms with Gasteiger partial charge >= 0.3 is 0 Å². The number of aromatic nitrogens is 1. The Hall–Kier alpha value is 0.420. The third-order valence-electron chi connectivity index (χ3n) is 1.60. The van der Waals surface area contributed by atoms with Gasteiger partial charge in [0, 0.05) is 9.79 Å². The fourth-order valence-electron chi connectivity index (χ4n) is 0.953. The summed E-state index contributed by atoms with van der Waals surface area (Å²) in [6.45, 7) is 2.04. The van der Waals surface area contributed by atoms with Crippen molar-refractivity contribution in [3.8, 4) is 0 Å². The second kappa shape index (κ2) is 4.09. The molecule has 5 heteroatoms. The number of pyridine rings is 1. The molecule has 0 amide bonds. The van der Waals surface area contributed by atoms with Gasteiger partial charge < -0.3 is 4.98 Å². The summed E-state index contributed by atoms with van der Waals surface area (Å²) in [5, 5.41) is 0.706. The Morgan fingerprint density at radius 3 is 2.33 bits per heavy atom. The van der Waals surface area contributed by atoms with Crippen LogP contribution in [0.5, 0.6) is 0 Å². The number of nitrogens with one attached hydrogen (secondary N) is 1. The van der Waals surface area contributed by atoms with Crippen LogP contribution in [0.25, 0.3) is 0 Å². The van der Waals surface area contributed by atoms with Gasteiger partial charge in [-0.3, -0.25) is 0 Å². The van der Waals surface area contributed by atoms with Crippen molar-refractivity contribution in [2.45, 2.75) is 28.2 Å². The lowest BCUT2D eigenvalue weighted by atomic mass is 10.2. The molecule has 0 aliphatic rings. The largest absolute Gasteiger partial charge is 0.340 e. The van der Waals surface area contributed by atoms with Gasteiger partial charge in [0.25, 0.3) is 0 Å². The van der Waals surface area contributed by atoms with E-state index in [1.807, 2.05) is 6.92 Å². The first-order valence-corrected chi connectivity index (χ1v) is 5.19. The van der Waals surface area contributed by atoms with E-state index in [1.54, 1.807) is 0 Å². The molecule has 1 aromatic rings. The van der Waals surface area contributed by atoms with E-state index in [-0.39, 0.29) is 0 Å². The number of rotatable bonds is 1. The molecule has 0 aliphatic heterocycles. The maximum atomic E-state index is 5.04. The number of aromatic amines is 1. The normalized spacial score (nSPS) is 10.3. The predicted molar refractivity (Wildman–Crippen MR) is 62.8 cm³/mol. The predicted octanol–water partition coefficient (Wildman–Crippen LogP) is 3.17. The second-order valence-electron chi connectivity index (χ2n) is 2.33. The number of hydrogen-bond donors (Lipinski definition) is 4. The Labute approximate surface area is 93.2 Å². The van der Waals surface area contributed by atoms with Crippen molar-refractivity contribution in [3.63, 3.8) is 0 Å². The Bertz CT molecular complexity index is 355. The summed E-state index contributed by atoms with van der Waals surface area (Å²) in [6, 6.07) is 0. The van der Waals surface area contributed by atoms with Crippen molar-refractivity contribution in [1.29, 1.82) is 0 Å². The van der Waals surface area contributed by atoms with Gasteiger partial charge in [-0.25, -0.2) is 0 Å². The van der Waals surface area contributed by atoms with Crippen LogP contribution in [0.2, 0.25) is 0 Å². The van der Waals surface area contributed by atoms with Crippen LogP contribution in [0, 0.1) is 4.64 Å². The van der Waals surface area contributed by atoms with E-state index in [4.69, 9.17) is 12.2 Å². The van der Waals surface area contributed by atoms with Gasteiger partial charge in [-0.2, -0.15) is 0 Å². The average molecular weight is 235 g/mol. The molecular formula is C7H9NS4. The van der Waals surface area contributed by atoms with Gasteiger partial charge in [0.15, 0.2) is 0 Å². The van der Waals surface area contributed by atoms with E-state index >= 15 is 0 Å². The number of H-pyrrole nitrogens is 1. The highest BCUT2D eigenvalue weighted by atomic mass is 32.1. The van der Waals surface area contributed by atoms with Gasteiger partial charge in [-0.1, -0.05) is 19.1 Å². The minimum atomic E-state index is 0.623. The summed E-state index contributed by atoms with van der Waals surface area (Å²) >= 11 is 17.8. The first-order valence-electron chi connectivity index (χ1n) is 3.44. The van der Waals surface area contributed by atoms with Gasteiger partial charge in [0.1, 0.15) is 4.64 Å². The Kier molecular flexibility index (Phi) is 3.58. The summed E-state index contributed by atoms with van der Waals surface area (Å²) in [5.41, 5.74) is 1.05. The van der Waals surface area contributed by atoms with Crippen LogP contribution >= 0.6 is 50.1 Å². The lowest BCUT2D eigenvalue weighted by Crippen LogP contribution is -1.92. The minimum absolute atomic E-state index is 0.623. The zero-order chi connectivity index (χ0) is 9.30. The van der Waals surface area contributed by atoms with E-state index in [9.17, 15) is 0 Å². The van der Waals surface area contributed by atoms with Crippen molar-refractivity contribution in [2.24, 2.45) is 0 Å². The highest BCUT2D eigenvalue weighted by Crippen LogP contribution is 2.27. The highest BCUT2D eigenvalue weighted by Gasteiger charge is 2.06. The molecule has 0 unspecified atom stereocenters. The zero-order valence-electron chi connectivity index (χ0n) is 6.46. The molecule has 0 aliphatic carbocycles. The van der Waals surface area contributed by atoms with Gasteiger partial charge in [-0.05, 0) is 12.0 Å². The van der Waals surface area contributed by atoms with Crippen molar-refractivity contribution in [2.75, 3.05) is 0 Å². The molecule has 1 N–H and O–H groups in total. The summed E-state index contributed by atoms with van der Waals surface area (Å²) in [4.78, 5) is 4.54. The molecule has 0 spiro atoms. The fraction of sp³-hybridized carbons (Fsp3) is 0.286. The summed E-state index contributed by atoms with van der Waals surface area (Å²) in [6.07, 6.45) is 0.865. The molecule has 1 heterocycles. The summed E-state index contributed by atoms with van der Waals surface area (Å²) < 4.78 is 0.623. The molecule has 1 rings (SSSR count).